The van der Waals surface area contributed by atoms with Gasteiger partial charge >= 0.3 is 0 Å². The lowest BCUT2D eigenvalue weighted by molar-refractivity contribution is 0.389. The predicted molar refractivity (Wildman–Crippen MR) is 133 cm³/mol. The minimum atomic E-state index is -0.533. The first-order valence-corrected chi connectivity index (χ1v) is 11.0. The van der Waals surface area contributed by atoms with Crippen LogP contribution in [-0.4, -0.2) is 0 Å². The Hall–Kier alpha value is -3.72. The van der Waals surface area contributed by atoms with E-state index < -0.39 is 5.54 Å². The second-order valence-corrected chi connectivity index (χ2v) is 7.96. The maximum atomic E-state index is 3.75. The fourth-order valence-electron chi connectivity index (χ4n) is 4.50. The van der Waals surface area contributed by atoms with E-state index in [0.29, 0.717) is 6.54 Å². The third kappa shape index (κ3) is 3.82. The van der Waals surface area contributed by atoms with Crippen LogP contribution in [-0.2, 0) is 12.1 Å². The van der Waals surface area contributed by atoms with Gasteiger partial charge in [0.05, 0.1) is 0 Å². The summed E-state index contributed by atoms with van der Waals surface area (Å²) >= 11 is 0. The van der Waals surface area contributed by atoms with Crippen LogP contribution in [0.15, 0.2) is 133 Å². The molecule has 0 spiro atoms. The van der Waals surface area contributed by atoms with E-state index in [-0.39, 0.29) is 0 Å². The van der Waals surface area contributed by atoms with E-state index in [1.54, 1.807) is 0 Å². The number of hydrazine groups is 1. The summed E-state index contributed by atoms with van der Waals surface area (Å²) in [7, 11) is 0. The maximum Gasteiger partial charge on any atom is 0.107 e. The van der Waals surface area contributed by atoms with Gasteiger partial charge < -0.3 is 0 Å². The summed E-state index contributed by atoms with van der Waals surface area (Å²) in [5, 5.41) is 2.53. The van der Waals surface area contributed by atoms with Gasteiger partial charge in [-0.15, -0.1) is 0 Å². The molecule has 5 rings (SSSR count). The molecule has 0 amide bonds. The SMILES string of the molecule is c1ccc(C(NNCc2cccc3ccccc23)(c2ccccc2)c2ccccc2)cc1. The number of rotatable bonds is 7. The third-order valence-electron chi connectivity index (χ3n) is 6.06. The Morgan fingerprint density at radius 3 is 1.50 bits per heavy atom. The first-order chi connectivity index (χ1) is 15.9. The van der Waals surface area contributed by atoms with E-state index in [1.807, 2.05) is 0 Å². The van der Waals surface area contributed by atoms with Crippen LogP contribution in [0.2, 0.25) is 0 Å². The molecule has 5 aromatic rings. The predicted octanol–water partition coefficient (Wildman–Crippen LogP) is 6.43. The van der Waals surface area contributed by atoms with Gasteiger partial charge in [-0.1, -0.05) is 133 Å². The van der Waals surface area contributed by atoms with Crippen LogP contribution in [0, 0.1) is 0 Å². The van der Waals surface area contributed by atoms with Gasteiger partial charge in [0, 0.05) is 6.54 Å². The summed E-state index contributed by atoms with van der Waals surface area (Å²) in [4.78, 5) is 0. The molecule has 0 fully saturated rings. The average Bonchev–Trinajstić information content (AvgIpc) is 2.88. The van der Waals surface area contributed by atoms with Crippen LogP contribution >= 0.6 is 0 Å². The molecule has 32 heavy (non-hydrogen) atoms. The zero-order valence-corrected chi connectivity index (χ0v) is 17.9. The van der Waals surface area contributed by atoms with Gasteiger partial charge in [-0.05, 0) is 33.0 Å². The molecule has 5 aromatic carbocycles. The Morgan fingerprint density at radius 2 is 0.938 bits per heavy atom. The number of hydrogen-bond acceptors (Lipinski definition) is 2. The highest BCUT2D eigenvalue weighted by Gasteiger charge is 2.35. The molecule has 0 aliphatic rings. The highest BCUT2D eigenvalue weighted by Crippen LogP contribution is 2.36. The number of hydrogen-bond donors (Lipinski definition) is 2. The van der Waals surface area contributed by atoms with Crippen molar-refractivity contribution in [1.82, 2.24) is 10.9 Å². The largest absolute Gasteiger partial charge is 0.252 e. The van der Waals surface area contributed by atoms with Gasteiger partial charge in [0.1, 0.15) is 5.54 Å². The van der Waals surface area contributed by atoms with Crippen LogP contribution in [0.25, 0.3) is 10.8 Å². The Labute approximate surface area is 189 Å². The minimum Gasteiger partial charge on any atom is -0.252 e. The van der Waals surface area contributed by atoms with Gasteiger partial charge in [0.15, 0.2) is 0 Å². The molecule has 2 N–H and O–H groups in total. The molecule has 0 aliphatic heterocycles. The van der Waals surface area contributed by atoms with Crippen molar-refractivity contribution in [1.29, 1.82) is 0 Å². The molecule has 0 saturated heterocycles. The van der Waals surface area contributed by atoms with E-state index in [9.17, 15) is 0 Å². The molecule has 0 bridgehead atoms. The van der Waals surface area contributed by atoms with Gasteiger partial charge in [0.2, 0.25) is 0 Å². The monoisotopic (exact) mass is 414 g/mol. The summed E-state index contributed by atoms with van der Waals surface area (Å²) in [5.74, 6) is 0. The lowest BCUT2D eigenvalue weighted by Gasteiger charge is -2.37. The van der Waals surface area contributed by atoms with Crippen LogP contribution in [0.3, 0.4) is 0 Å². The second kappa shape index (κ2) is 9.19. The fourth-order valence-corrected chi connectivity index (χ4v) is 4.50. The first kappa shape index (κ1) is 20.2. The molecule has 0 aliphatic carbocycles. The van der Waals surface area contributed by atoms with Gasteiger partial charge in [0.25, 0.3) is 0 Å². The lowest BCUT2D eigenvalue weighted by Crippen LogP contribution is -2.51. The smallest absolute Gasteiger partial charge is 0.107 e. The van der Waals surface area contributed by atoms with Gasteiger partial charge in [-0.2, -0.15) is 0 Å². The van der Waals surface area contributed by atoms with Gasteiger partial charge in [-0.25, -0.2) is 5.43 Å². The van der Waals surface area contributed by atoms with Crippen molar-refractivity contribution < 1.29 is 0 Å². The number of fused-ring (bicyclic) bond motifs is 1. The highest BCUT2D eigenvalue weighted by molar-refractivity contribution is 5.85. The first-order valence-electron chi connectivity index (χ1n) is 11.0. The van der Waals surface area contributed by atoms with Crippen molar-refractivity contribution in [3.8, 4) is 0 Å². The quantitative estimate of drug-likeness (QED) is 0.237. The van der Waals surface area contributed by atoms with Gasteiger partial charge in [-0.3, -0.25) is 5.43 Å². The van der Waals surface area contributed by atoms with Crippen molar-refractivity contribution in [3.63, 3.8) is 0 Å². The van der Waals surface area contributed by atoms with Crippen LogP contribution < -0.4 is 10.9 Å². The topological polar surface area (TPSA) is 24.1 Å². The summed E-state index contributed by atoms with van der Waals surface area (Å²) < 4.78 is 0. The molecule has 0 saturated carbocycles. The van der Waals surface area contributed by atoms with Crippen molar-refractivity contribution in [3.05, 3.63) is 156 Å². The maximum absolute atomic E-state index is 3.75. The molecule has 2 nitrogen and oxygen atoms in total. The Kier molecular flexibility index (Phi) is 5.80. The third-order valence-corrected chi connectivity index (χ3v) is 6.06. The molecular formula is C30H26N2. The zero-order chi connectivity index (χ0) is 21.6. The average molecular weight is 415 g/mol. The highest BCUT2D eigenvalue weighted by atomic mass is 15.4. The van der Waals surface area contributed by atoms with E-state index in [0.717, 1.165) is 0 Å². The summed E-state index contributed by atoms with van der Waals surface area (Å²) in [6.45, 7) is 0.704. The Balaban J connectivity index is 1.57. The van der Waals surface area contributed by atoms with E-state index in [4.69, 9.17) is 0 Å². The zero-order valence-electron chi connectivity index (χ0n) is 17.9. The molecular weight excluding hydrogens is 388 g/mol. The normalized spacial score (nSPS) is 11.5. The second-order valence-electron chi connectivity index (χ2n) is 7.96. The summed E-state index contributed by atoms with van der Waals surface area (Å²) in [5.41, 5.74) is 11.6. The summed E-state index contributed by atoms with van der Waals surface area (Å²) in [6.07, 6.45) is 0. The summed E-state index contributed by atoms with van der Waals surface area (Å²) in [6, 6.07) is 46.9. The molecule has 0 radical (unpaired) electrons. The van der Waals surface area contributed by atoms with Crippen LogP contribution in [0.5, 0.6) is 0 Å². The molecule has 0 unspecified atom stereocenters. The molecule has 156 valence electrons. The standard InChI is InChI=1S/C30H26N2/c1-4-16-26(17-5-1)30(27-18-6-2-7-19-27,28-20-8-3-9-21-28)32-31-23-25-15-12-14-24-13-10-11-22-29(24)25/h1-22,31-32H,23H2. The molecule has 0 aromatic heterocycles. The van der Waals surface area contributed by atoms with E-state index in [2.05, 4.69) is 144 Å². The van der Waals surface area contributed by atoms with Crippen molar-refractivity contribution >= 4 is 10.8 Å². The lowest BCUT2D eigenvalue weighted by atomic mass is 9.77. The van der Waals surface area contributed by atoms with Crippen LogP contribution in [0.1, 0.15) is 22.3 Å². The van der Waals surface area contributed by atoms with Crippen molar-refractivity contribution in [2.24, 2.45) is 0 Å². The number of benzene rings is 5. The minimum absolute atomic E-state index is 0.533. The van der Waals surface area contributed by atoms with Crippen molar-refractivity contribution in [2.45, 2.75) is 12.1 Å². The van der Waals surface area contributed by atoms with Crippen LogP contribution in [0.4, 0.5) is 0 Å². The Bertz CT molecular complexity index is 1180. The fraction of sp³-hybridized carbons (Fsp3) is 0.0667. The number of nitrogens with one attached hydrogen (secondary N) is 2. The molecule has 2 heteroatoms. The van der Waals surface area contributed by atoms with E-state index in [1.165, 1.54) is 33.0 Å². The molecule has 0 atom stereocenters. The van der Waals surface area contributed by atoms with E-state index >= 15 is 0 Å². The molecule has 0 heterocycles. The van der Waals surface area contributed by atoms with Crippen molar-refractivity contribution in [2.75, 3.05) is 0 Å². The Morgan fingerprint density at radius 1 is 0.469 bits per heavy atom.